The number of H-pyrrole nitrogens is 1. The molecule has 2 aromatic heterocycles. The Morgan fingerprint density at radius 3 is 2.81 bits per heavy atom. The van der Waals surface area contributed by atoms with Crippen molar-refractivity contribution in [2.24, 2.45) is 0 Å². The molecule has 140 valence electrons. The van der Waals surface area contributed by atoms with Crippen LogP contribution in [0, 0.1) is 0 Å². The molecule has 6 nitrogen and oxygen atoms in total. The zero-order valence-corrected chi connectivity index (χ0v) is 15.8. The van der Waals surface area contributed by atoms with Crippen LogP contribution in [0.4, 0.5) is 0 Å². The van der Waals surface area contributed by atoms with Crippen molar-refractivity contribution in [3.05, 3.63) is 40.6 Å². The van der Waals surface area contributed by atoms with Crippen LogP contribution < -0.4 is 0 Å². The molecule has 2 fully saturated rings. The molecule has 6 heteroatoms. The van der Waals surface area contributed by atoms with Crippen LogP contribution in [0.2, 0.25) is 0 Å². The van der Waals surface area contributed by atoms with Gasteiger partial charge in [0.25, 0.3) is 5.91 Å². The molecule has 26 heavy (non-hydrogen) atoms. The number of furan rings is 1. The lowest BCUT2D eigenvalue weighted by Crippen LogP contribution is -2.26. The summed E-state index contributed by atoms with van der Waals surface area (Å²) in [5.74, 6) is 1.92. The Balaban J connectivity index is 1.43. The fourth-order valence-electron chi connectivity index (χ4n) is 3.75. The molecule has 1 saturated carbocycles. The van der Waals surface area contributed by atoms with Crippen molar-refractivity contribution >= 4 is 5.91 Å². The third-order valence-electron chi connectivity index (χ3n) is 5.42. The molecule has 0 atom stereocenters. The summed E-state index contributed by atoms with van der Waals surface area (Å²) in [6.07, 6.45) is 5.79. The Labute approximate surface area is 154 Å². The number of rotatable bonds is 7. The highest BCUT2D eigenvalue weighted by atomic mass is 16.4. The lowest BCUT2D eigenvalue weighted by Gasteiger charge is -2.14. The van der Waals surface area contributed by atoms with Gasteiger partial charge in [0.05, 0.1) is 17.9 Å². The predicted octanol–water partition coefficient (Wildman–Crippen LogP) is 3.31. The molecule has 3 heterocycles. The summed E-state index contributed by atoms with van der Waals surface area (Å²) in [7, 11) is 1.81. The van der Waals surface area contributed by atoms with Crippen LogP contribution in [0.25, 0.3) is 0 Å². The fraction of sp³-hybridized carbons (Fsp3) is 0.600. The van der Waals surface area contributed by atoms with Gasteiger partial charge in [-0.2, -0.15) is 5.10 Å². The Bertz CT molecular complexity index is 769. The number of nitrogens with one attached hydrogen (secondary N) is 1. The number of nitrogens with zero attached hydrogens (tertiary/aromatic N) is 3. The maximum atomic E-state index is 12.8. The number of hydrogen-bond acceptors (Lipinski definition) is 4. The van der Waals surface area contributed by atoms with E-state index in [1.165, 1.54) is 25.7 Å². The van der Waals surface area contributed by atoms with Crippen molar-refractivity contribution in [2.75, 3.05) is 20.1 Å². The monoisotopic (exact) mass is 356 g/mol. The molecule has 1 amide bonds. The van der Waals surface area contributed by atoms with E-state index in [1.54, 1.807) is 4.90 Å². The molecule has 1 saturated heterocycles. The zero-order valence-electron chi connectivity index (χ0n) is 15.8. The van der Waals surface area contributed by atoms with Gasteiger partial charge in [-0.15, -0.1) is 0 Å². The van der Waals surface area contributed by atoms with Crippen LogP contribution >= 0.6 is 0 Å². The summed E-state index contributed by atoms with van der Waals surface area (Å²) >= 11 is 0. The summed E-state index contributed by atoms with van der Waals surface area (Å²) in [6, 6.07) is 4.03. The standard InChI is InChI=1S/C20H28N4O2/c1-3-18-15(12-24-8-4-5-9-24)10-19(26-18)20(25)23(2)13-16-11-17(22-21-16)14-6-7-14/h10-11,14H,3-9,12-13H2,1-2H3,(H,21,22). The smallest absolute Gasteiger partial charge is 0.289 e. The van der Waals surface area contributed by atoms with E-state index in [9.17, 15) is 4.79 Å². The van der Waals surface area contributed by atoms with E-state index >= 15 is 0 Å². The number of amides is 1. The van der Waals surface area contributed by atoms with E-state index in [-0.39, 0.29) is 5.91 Å². The maximum absolute atomic E-state index is 12.8. The highest BCUT2D eigenvalue weighted by Gasteiger charge is 2.27. The van der Waals surface area contributed by atoms with Crippen LogP contribution in [0.5, 0.6) is 0 Å². The number of hydrogen-bond donors (Lipinski definition) is 1. The first-order chi connectivity index (χ1) is 12.6. The first-order valence-electron chi connectivity index (χ1n) is 9.77. The third-order valence-corrected chi connectivity index (χ3v) is 5.42. The van der Waals surface area contributed by atoms with Crippen molar-refractivity contribution < 1.29 is 9.21 Å². The Kier molecular flexibility index (Phi) is 4.85. The van der Waals surface area contributed by atoms with Gasteiger partial charge in [0.15, 0.2) is 5.76 Å². The Morgan fingerprint density at radius 1 is 1.35 bits per heavy atom. The summed E-state index contributed by atoms with van der Waals surface area (Å²) in [5.41, 5.74) is 3.26. The Morgan fingerprint density at radius 2 is 2.12 bits per heavy atom. The largest absolute Gasteiger partial charge is 0.456 e. The van der Waals surface area contributed by atoms with Crippen LogP contribution in [0.15, 0.2) is 16.5 Å². The van der Waals surface area contributed by atoms with Crippen molar-refractivity contribution in [2.45, 2.75) is 58.0 Å². The number of carbonyl (C=O) groups is 1. The Hall–Kier alpha value is -2.08. The molecule has 2 aromatic rings. The van der Waals surface area contributed by atoms with E-state index in [1.807, 2.05) is 13.1 Å². The van der Waals surface area contributed by atoms with E-state index < -0.39 is 0 Å². The van der Waals surface area contributed by atoms with Crippen molar-refractivity contribution in [3.8, 4) is 0 Å². The summed E-state index contributed by atoms with van der Waals surface area (Å²) in [6.45, 7) is 5.76. The lowest BCUT2D eigenvalue weighted by molar-refractivity contribution is 0.0750. The van der Waals surface area contributed by atoms with Gasteiger partial charge in [0.2, 0.25) is 0 Å². The minimum absolute atomic E-state index is 0.0741. The third kappa shape index (κ3) is 3.70. The second-order valence-corrected chi connectivity index (χ2v) is 7.65. The molecule has 0 aromatic carbocycles. The molecule has 1 aliphatic carbocycles. The van der Waals surface area contributed by atoms with Gasteiger partial charge < -0.3 is 9.32 Å². The highest BCUT2D eigenvalue weighted by Crippen LogP contribution is 2.39. The molecule has 1 N–H and O–H groups in total. The highest BCUT2D eigenvalue weighted by molar-refractivity contribution is 5.91. The summed E-state index contributed by atoms with van der Waals surface area (Å²) in [4.78, 5) is 16.9. The molecular weight excluding hydrogens is 328 g/mol. The number of aromatic nitrogens is 2. The van der Waals surface area contributed by atoms with Crippen LogP contribution in [-0.4, -0.2) is 46.0 Å². The number of carbonyl (C=O) groups excluding carboxylic acids is 1. The van der Waals surface area contributed by atoms with Gasteiger partial charge in [-0.25, -0.2) is 0 Å². The topological polar surface area (TPSA) is 65.4 Å². The van der Waals surface area contributed by atoms with Crippen LogP contribution in [-0.2, 0) is 19.5 Å². The van der Waals surface area contributed by atoms with Gasteiger partial charge in [-0.1, -0.05) is 6.92 Å². The van der Waals surface area contributed by atoms with E-state index in [0.717, 1.165) is 48.8 Å². The van der Waals surface area contributed by atoms with E-state index in [2.05, 4.69) is 28.1 Å². The molecule has 2 aliphatic rings. The van der Waals surface area contributed by atoms with E-state index in [4.69, 9.17) is 4.42 Å². The van der Waals surface area contributed by atoms with Gasteiger partial charge >= 0.3 is 0 Å². The maximum Gasteiger partial charge on any atom is 0.289 e. The first-order valence-corrected chi connectivity index (χ1v) is 9.77. The number of aryl methyl sites for hydroxylation is 1. The average Bonchev–Trinajstić information content (AvgIpc) is 3.02. The number of likely N-dealkylation sites (tertiary alicyclic amines) is 1. The van der Waals surface area contributed by atoms with Gasteiger partial charge in [0, 0.05) is 31.5 Å². The molecular formula is C20H28N4O2. The number of aromatic amines is 1. The van der Waals surface area contributed by atoms with Gasteiger partial charge in [0.1, 0.15) is 5.76 Å². The SMILES string of the molecule is CCc1oc(C(=O)N(C)Cc2cc(C3CC3)n[nH]2)cc1CN1CCCC1. The fourth-order valence-corrected chi connectivity index (χ4v) is 3.75. The minimum atomic E-state index is -0.0741. The second-order valence-electron chi connectivity index (χ2n) is 7.65. The molecule has 0 radical (unpaired) electrons. The van der Waals surface area contributed by atoms with Gasteiger partial charge in [-0.05, 0) is 50.9 Å². The molecule has 0 unspecified atom stereocenters. The van der Waals surface area contributed by atoms with Crippen molar-refractivity contribution in [1.82, 2.24) is 20.0 Å². The quantitative estimate of drug-likeness (QED) is 0.826. The molecule has 1 aliphatic heterocycles. The summed E-state index contributed by atoms with van der Waals surface area (Å²) in [5, 5.41) is 7.42. The second kappa shape index (κ2) is 7.27. The molecule has 4 rings (SSSR count). The van der Waals surface area contributed by atoms with Crippen molar-refractivity contribution in [1.29, 1.82) is 0 Å². The summed E-state index contributed by atoms with van der Waals surface area (Å²) < 4.78 is 5.90. The normalized spacial score (nSPS) is 17.8. The first kappa shape index (κ1) is 17.3. The average molecular weight is 356 g/mol. The van der Waals surface area contributed by atoms with E-state index in [0.29, 0.717) is 18.2 Å². The predicted molar refractivity (Wildman–Crippen MR) is 99.0 cm³/mol. The van der Waals surface area contributed by atoms with Crippen LogP contribution in [0.1, 0.15) is 71.8 Å². The minimum Gasteiger partial charge on any atom is -0.456 e. The lowest BCUT2D eigenvalue weighted by atomic mass is 10.2. The van der Waals surface area contributed by atoms with Gasteiger partial charge in [-0.3, -0.25) is 14.8 Å². The zero-order chi connectivity index (χ0) is 18.1. The molecule has 0 spiro atoms. The van der Waals surface area contributed by atoms with Crippen LogP contribution in [0.3, 0.4) is 0 Å². The van der Waals surface area contributed by atoms with Crippen molar-refractivity contribution in [3.63, 3.8) is 0 Å². The molecule has 0 bridgehead atoms.